The number of carbonyl (C=O) groups is 1. The number of aromatic nitrogens is 1. The second-order valence-electron chi connectivity index (χ2n) is 5.71. The topological polar surface area (TPSA) is 118 Å². The minimum absolute atomic E-state index is 0.0116. The third-order valence-corrected chi connectivity index (χ3v) is 5.12. The first kappa shape index (κ1) is 16.5. The molecular weight excluding hydrogens is 332 g/mol. The fraction of sp³-hybridized carbons (Fsp3) is 0.500. The van der Waals surface area contributed by atoms with E-state index in [0.717, 1.165) is 17.9 Å². The van der Waals surface area contributed by atoms with Crippen LogP contribution in [0.2, 0.25) is 0 Å². The second kappa shape index (κ2) is 6.63. The molecule has 1 atom stereocenters. The highest BCUT2D eigenvalue weighted by molar-refractivity contribution is 8.14. The number of aliphatic imine (C=N–C) groups is 1. The Hall–Kier alpha value is -2.36. The van der Waals surface area contributed by atoms with Crippen molar-refractivity contribution in [2.75, 3.05) is 38.5 Å². The number of anilines is 1. The number of nitrogen functional groups attached to an aromatic ring is 1. The van der Waals surface area contributed by atoms with Crippen molar-refractivity contribution in [3.05, 3.63) is 27.9 Å². The van der Waals surface area contributed by atoms with E-state index in [1.165, 1.54) is 6.07 Å². The van der Waals surface area contributed by atoms with E-state index in [1.54, 1.807) is 16.7 Å². The van der Waals surface area contributed by atoms with Gasteiger partial charge < -0.3 is 15.5 Å². The normalized spacial score (nSPS) is 20.9. The summed E-state index contributed by atoms with van der Waals surface area (Å²) >= 11 is 1.75. The number of nitro groups is 1. The molecular formula is C14H18N6O3S. The third kappa shape index (κ3) is 3.28. The molecule has 10 heteroatoms. The molecule has 1 aromatic heterocycles. The Balaban J connectivity index is 1.67. The number of hydrogen-bond donors (Lipinski definition) is 1. The number of amides is 1. The summed E-state index contributed by atoms with van der Waals surface area (Å²) in [7, 11) is 0. The number of piperazine rings is 1. The van der Waals surface area contributed by atoms with Crippen LogP contribution in [0.15, 0.2) is 17.3 Å². The Morgan fingerprint density at radius 2 is 2.12 bits per heavy atom. The van der Waals surface area contributed by atoms with Gasteiger partial charge in [-0.05, 0) is 0 Å². The minimum atomic E-state index is -0.586. The lowest BCUT2D eigenvalue weighted by Gasteiger charge is -2.35. The van der Waals surface area contributed by atoms with Gasteiger partial charge in [0, 0.05) is 37.5 Å². The maximum atomic E-state index is 12.6. The first-order valence-corrected chi connectivity index (χ1v) is 8.49. The maximum Gasteiger partial charge on any atom is 0.288 e. The molecule has 1 aromatic rings. The van der Waals surface area contributed by atoms with E-state index < -0.39 is 4.92 Å². The molecule has 1 unspecified atom stereocenters. The molecule has 3 heterocycles. The summed E-state index contributed by atoms with van der Waals surface area (Å²) in [5.41, 5.74) is 5.57. The number of nitrogens with two attached hydrogens (primary N) is 1. The van der Waals surface area contributed by atoms with Crippen LogP contribution in [0.5, 0.6) is 0 Å². The van der Waals surface area contributed by atoms with Gasteiger partial charge in [-0.1, -0.05) is 18.7 Å². The van der Waals surface area contributed by atoms with Crippen LogP contribution in [0, 0.1) is 10.1 Å². The number of amidine groups is 1. The van der Waals surface area contributed by atoms with Gasteiger partial charge in [0.2, 0.25) is 0 Å². The van der Waals surface area contributed by atoms with Gasteiger partial charge in [-0.25, -0.2) is 4.98 Å². The Labute approximate surface area is 143 Å². The standard InChI is InChI=1S/C14H18N6O3S/c1-9-7-17-14(24-9)19-4-2-18(3-5-19)13(21)11-6-10(20(22)23)8-16-12(11)15/h6,8-9H,2-5,7H2,1H3,(H2,15,16). The van der Waals surface area contributed by atoms with Crippen molar-refractivity contribution >= 4 is 34.3 Å². The summed E-state index contributed by atoms with van der Waals surface area (Å²) in [6.45, 7) is 5.39. The number of rotatable bonds is 2. The third-order valence-electron chi connectivity index (χ3n) is 3.97. The van der Waals surface area contributed by atoms with Gasteiger partial charge >= 0.3 is 0 Å². The zero-order valence-corrected chi connectivity index (χ0v) is 14.0. The minimum Gasteiger partial charge on any atom is -0.383 e. The van der Waals surface area contributed by atoms with Crippen molar-refractivity contribution in [2.24, 2.45) is 4.99 Å². The van der Waals surface area contributed by atoms with Gasteiger partial charge in [-0.15, -0.1) is 0 Å². The van der Waals surface area contributed by atoms with E-state index in [0.29, 0.717) is 31.4 Å². The Kier molecular flexibility index (Phi) is 4.56. The molecule has 0 aromatic carbocycles. The van der Waals surface area contributed by atoms with E-state index in [1.807, 2.05) is 0 Å². The Morgan fingerprint density at radius 1 is 1.42 bits per heavy atom. The quantitative estimate of drug-likeness (QED) is 0.619. The largest absolute Gasteiger partial charge is 0.383 e. The van der Waals surface area contributed by atoms with E-state index in [9.17, 15) is 14.9 Å². The summed E-state index contributed by atoms with van der Waals surface area (Å²) in [5, 5.41) is 12.4. The van der Waals surface area contributed by atoms with Crippen molar-refractivity contribution < 1.29 is 9.72 Å². The van der Waals surface area contributed by atoms with Crippen LogP contribution in [-0.4, -0.2) is 68.8 Å². The van der Waals surface area contributed by atoms with Crippen LogP contribution in [0.3, 0.4) is 0 Å². The summed E-state index contributed by atoms with van der Waals surface area (Å²) in [6.07, 6.45) is 1.06. The molecule has 0 saturated carbocycles. The highest BCUT2D eigenvalue weighted by atomic mass is 32.2. The molecule has 0 aliphatic carbocycles. The number of nitrogens with zero attached hydrogens (tertiary/aromatic N) is 5. The van der Waals surface area contributed by atoms with Crippen LogP contribution in [0.25, 0.3) is 0 Å². The van der Waals surface area contributed by atoms with E-state index in [-0.39, 0.29) is 23.0 Å². The average Bonchev–Trinajstić information content (AvgIpc) is 3.01. The molecule has 2 N–H and O–H groups in total. The van der Waals surface area contributed by atoms with Gasteiger partial charge in [-0.3, -0.25) is 19.9 Å². The number of thioether (sulfide) groups is 1. The number of carbonyl (C=O) groups excluding carboxylic acids is 1. The van der Waals surface area contributed by atoms with Crippen LogP contribution in [-0.2, 0) is 0 Å². The molecule has 2 aliphatic heterocycles. The summed E-state index contributed by atoms with van der Waals surface area (Å²) in [6, 6.07) is 1.19. The van der Waals surface area contributed by atoms with Crippen molar-refractivity contribution in [3.63, 3.8) is 0 Å². The lowest BCUT2D eigenvalue weighted by atomic mass is 10.2. The first-order chi connectivity index (χ1) is 11.5. The molecule has 1 saturated heterocycles. The Morgan fingerprint density at radius 3 is 2.71 bits per heavy atom. The van der Waals surface area contributed by atoms with Gasteiger partial charge in [0.25, 0.3) is 11.6 Å². The van der Waals surface area contributed by atoms with Crippen LogP contribution < -0.4 is 5.73 Å². The molecule has 1 amide bonds. The van der Waals surface area contributed by atoms with Crippen LogP contribution in [0.1, 0.15) is 17.3 Å². The summed E-state index contributed by atoms with van der Waals surface area (Å²) in [4.78, 5) is 35.0. The van der Waals surface area contributed by atoms with Gasteiger partial charge in [0.15, 0.2) is 5.17 Å². The smallest absolute Gasteiger partial charge is 0.288 e. The summed E-state index contributed by atoms with van der Waals surface area (Å²) in [5.74, 6) is -0.310. The molecule has 2 aliphatic rings. The maximum absolute atomic E-state index is 12.6. The van der Waals surface area contributed by atoms with Gasteiger partial charge in [0.1, 0.15) is 12.0 Å². The molecule has 1 fully saturated rings. The SMILES string of the molecule is CC1CN=C(N2CCN(C(=O)c3cc([N+](=O)[O-])cnc3N)CC2)S1. The lowest BCUT2D eigenvalue weighted by molar-refractivity contribution is -0.385. The van der Waals surface area contributed by atoms with Crippen LogP contribution >= 0.6 is 11.8 Å². The predicted octanol–water partition coefficient (Wildman–Crippen LogP) is 0.821. The Bertz CT molecular complexity index is 702. The van der Waals surface area contributed by atoms with Crippen molar-refractivity contribution in [3.8, 4) is 0 Å². The van der Waals surface area contributed by atoms with Crippen molar-refractivity contribution in [2.45, 2.75) is 12.2 Å². The molecule has 0 spiro atoms. The van der Waals surface area contributed by atoms with E-state index in [4.69, 9.17) is 5.73 Å². The number of pyridine rings is 1. The second-order valence-corrected chi connectivity index (χ2v) is 7.12. The molecule has 0 bridgehead atoms. The molecule has 128 valence electrons. The highest BCUT2D eigenvalue weighted by Crippen LogP contribution is 2.24. The van der Waals surface area contributed by atoms with Crippen molar-refractivity contribution in [1.29, 1.82) is 0 Å². The molecule has 24 heavy (non-hydrogen) atoms. The summed E-state index contributed by atoms with van der Waals surface area (Å²) < 4.78 is 0. The zero-order valence-electron chi connectivity index (χ0n) is 13.2. The fourth-order valence-corrected chi connectivity index (χ4v) is 3.63. The predicted molar refractivity (Wildman–Crippen MR) is 92.1 cm³/mol. The van der Waals surface area contributed by atoms with E-state index in [2.05, 4.69) is 21.8 Å². The lowest BCUT2D eigenvalue weighted by Crippen LogP contribution is -2.50. The van der Waals surface area contributed by atoms with Crippen molar-refractivity contribution in [1.82, 2.24) is 14.8 Å². The van der Waals surface area contributed by atoms with Crippen LogP contribution in [0.4, 0.5) is 11.5 Å². The van der Waals surface area contributed by atoms with Gasteiger partial charge in [-0.2, -0.15) is 0 Å². The number of hydrogen-bond acceptors (Lipinski definition) is 8. The molecule has 9 nitrogen and oxygen atoms in total. The van der Waals surface area contributed by atoms with E-state index >= 15 is 0 Å². The zero-order chi connectivity index (χ0) is 17.3. The molecule has 0 radical (unpaired) electrons. The van der Waals surface area contributed by atoms with Gasteiger partial charge in [0.05, 0.1) is 17.0 Å². The molecule has 3 rings (SSSR count). The average molecular weight is 350 g/mol. The monoisotopic (exact) mass is 350 g/mol. The highest BCUT2D eigenvalue weighted by Gasteiger charge is 2.28. The fourth-order valence-electron chi connectivity index (χ4n) is 2.64. The first-order valence-electron chi connectivity index (χ1n) is 7.61.